The fraction of sp³-hybridized carbons (Fsp3) is 0.500. The topological polar surface area (TPSA) is 78.0 Å². The third-order valence-corrected chi connectivity index (χ3v) is 3.09. The first-order valence-electron chi connectivity index (χ1n) is 5.77. The van der Waals surface area contributed by atoms with Crippen molar-refractivity contribution < 1.29 is 0 Å². The van der Waals surface area contributed by atoms with Crippen molar-refractivity contribution in [3.8, 4) is 6.07 Å². The molecule has 0 saturated carbocycles. The van der Waals surface area contributed by atoms with Gasteiger partial charge in [-0.25, -0.2) is 4.98 Å². The van der Waals surface area contributed by atoms with Crippen LogP contribution in [0.2, 0.25) is 0 Å². The highest BCUT2D eigenvalue weighted by atomic mass is 15.1. The van der Waals surface area contributed by atoms with Crippen molar-refractivity contribution in [3.05, 3.63) is 17.8 Å². The van der Waals surface area contributed by atoms with Crippen LogP contribution < -0.4 is 11.1 Å². The van der Waals surface area contributed by atoms with Crippen LogP contribution in [0.1, 0.15) is 12.0 Å². The minimum atomic E-state index is 0.494. The summed E-state index contributed by atoms with van der Waals surface area (Å²) in [5.74, 6) is 1.33. The van der Waals surface area contributed by atoms with Gasteiger partial charge in [-0.05, 0) is 32.0 Å². The van der Waals surface area contributed by atoms with Crippen LogP contribution >= 0.6 is 0 Å². The van der Waals surface area contributed by atoms with Crippen LogP contribution in [0.3, 0.4) is 0 Å². The van der Waals surface area contributed by atoms with Crippen LogP contribution in [0, 0.1) is 17.2 Å². The molecule has 1 fully saturated rings. The number of likely N-dealkylation sites (tertiary alicyclic amines) is 1. The molecule has 2 rings (SSSR count). The zero-order valence-corrected chi connectivity index (χ0v) is 9.98. The average Bonchev–Trinajstić information content (AvgIpc) is 2.73. The molecule has 0 radical (unpaired) electrons. The zero-order chi connectivity index (χ0) is 12.3. The highest BCUT2D eigenvalue weighted by Crippen LogP contribution is 2.19. The van der Waals surface area contributed by atoms with Gasteiger partial charge in [-0.2, -0.15) is 5.26 Å². The number of hydrogen-bond donors (Lipinski definition) is 2. The van der Waals surface area contributed by atoms with Gasteiger partial charge < -0.3 is 16.0 Å². The molecule has 0 aromatic carbocycles. The number of anilines is 2. The summed E-state index contributed by atoms with van der Waals surface area (Å²) >= 11 is 0. The maximum absolute atomic E-state index is 8.71. The first-order chi connectivity index (χ1) is 8.19. The molecule has 1 aromatic heterocycles. The summed E-state index contributed by atoms with van der Waals surface area (Å²) in [5.41, 5.74) is 6.85. The van der Waals surface area contributed by atoms with Crippen molar-refractivity contribution in [2.24, 2.45) is 5.92 Å². The van der Waals surface area contributed by atoms with E-state index in [0.29, 0.717) is 23.0 Å². The minimum absolute atomic E-state index is 0.494. The van der Waals surface area contributed by atoms with E-state index in [1.54, 1.807) is 12.3 Å². The molecule has 1 aliphatic rings. The van der Waals surface area contributed by atoms with Gasteiger partial charge in [0.2, 0.25) is 0 Å². The maximum atomic E-state index is 8.71. The van der Waals surface area contributed by atoms with Crippen LogP contribution in [0.5, 0.6) is 0 Å². The highest BCUT2D eigenvalue weighted by Gasteiger charge is 2.19. The van der Waals surface area contributed by atoms with E-state index in [1.165, 1.54) is 6.42 Å². The number of nitrogens with two attached hydrogens (primary N) is 1. The number of nitriles is 1. The van der Waals surface area contributed by atoms with Crippen LogP contribution in [-0.4, -0.2) is 36.6 Å². The van der Waals surface area contributed by atoms with Gasteiger partial charge in [-0.15, -0.1) is 0 Å². The third-order valence-electron chi connectivity index (χ3n) is 3.09. The number of nitrogens with one attached hydrogen (secondary N) is 1. The predicted molar refractivity (Wildman–Crippen MR) is 67.5 cm³/mol. The van der Waals surface area contributed by atoms with Crippen LogP contribution in [0.15, 0.2) is 12.3 Å². The predicted octanol–water partition coefficient (Wildman–Crippen LogP) is 0.899. The van der Waals surface area contributed by atoms with Crippen molar-refractivity contribution in [2.75, 3.05) is 37.7 Å². The molecule has 2 heterocycles. The quantitative estimate of drug-likeness (QED) is 0.808. The zero-order valence-electron chi connectivity index (χ0n) is 9.98. The molecule has 0 bridgehead atoms. The molecule has 5 nitrogen and oxygen atoms in total. The molecule has 1 saturated heterocycles. The Morgan fingerprint density at radius 2 is 2.53 bits per heavy atom. The number of hydrogen-bond acceptors (Lipinski definition) is 5. The van der Waals surface area contributed by atoms with Crippen molar-refractivity contribution in [2.45, 2.75) is 6.42 Å². The molecule has 1 aromatic rings. The third kappa shape index (κ3) is 2.86. The smallest absolute Gasteiger partial charge is 0.149 e. The molecular formula is C12H17N5. The summed E-state index contributed by atoms with van der Waals surface area (Å²) < 4.78 is 0. The maximum Gasteiger partial charge on any atom is 0.149 e. The van der Waals surface area contributed by atoms with Gasteiger partial charge in [0.1, 0.15) is 11.9 Å². The normalized spacial score (nSPS) is 20.1. The lowest BCUT2D eigenvalue weighted by Crippen LogP contribution is -2.19. The molecule has 1 unspecified atom stereocenters. The fourth-order valence-corrected chi connectivity index (χ4v) is 2.12. The lowest BCUT2D eigenvalue weighted by Gasteiger charge is -2.13. The van der Waals surface area contributed by atoms with Gasteiger partial charge in [-0.3, -0.25) is 0 Å². The van der Waals surface area contributed by atoms with Crippen LogP contribution in [0.4, 0.5) is 11.5 Å². The number of rotatable bonds is 3. The summed E-state index contributed by atoms with van der Waals surface area (Å²) in [6.45, 7) is 3.15. The average molecular weight is 231 g/mol. The second kappa shape index (κ2) is 5.02. The van der Waals surface area contributed by atoms with Crippen molar-refractivity contribution in [1.29, 1.82) is 5.26 Å². The molecule has 1 atom stereocenters. The van der Waals surface area contributed by atoms with Gasteiger partial charge in [0.05, 0.1) is 11.3 Å². The lowest BCUT2D eigenvalue weighted by molar-refractivity contribution is 0.399. The van der Waals surface area contributed by atoms with Gasteiger partial charge >= 0.3 is 0 Å². The van der Waals surface area contributed by atoms with E-state index in [9.17, 15) is 0 Å². The molecule has 0 aliphatic carbocycles. The van der Waals surface area contributed by atoms with E-state index in [-0.39, 0.29) is 0 Å². The van der Waals surface area contributed by atoms with Crippen molar-refractivity contribution in [3.63, 3.8) is 0 Å². The molecular weight excluding hydrogens is 214 g/mol. The first-order valence-corrected chi connectivity index (χ1v) is 5.77. The first kappa shape index (κ1) is 11.7. The van der Waals surface area contributed by atoms with Gasteiger partial charge in [0.25, 0.3) is 0 Å². The number of pyridine rings is 1. The Morgan fingerprint density at radius 3 is 3.12 bits per heavy atom. The number of nitrogen functional groups attached to an aromatic ring is 1. The van der Waals surface area contributed by atoms with E-state index in [0.717, 1.165) is 19.6 Å². The Labute approximate surface area is 101 Å². The van der Waals surface area contributed by atoms with Crippen LogP contribution in [-0.2, 0) is 0 Å². The summed E-state index contributed by atoms with van der Waals surface area (Å²) in [4.78, 5) is 6.48. The second-order valence-corrected chi connectivity index (χ2v) is 4.57. The van der Waals surface area contributed by atoms with E-state index in [1.807, 2.05) is 6.07 Å². The molecule has 0 spiro atoms. The Balaban J connectivity index is 1.93. The van der Waals surface area contributed by atoms with Crippen LogP contribution in [0.25, 0.3) is 0 Å². The monoisotopic (exact) mass is 231 g/mol. The lowest BCUT2D eigenvalue weighted by atomic mass is 10.1. The summed E-state index contributed by atoms with van der Waals surface area (Å²) in [7, 11) is 2.13. The Bertz CT molecular complexity index is 437. The largest absolute Gasteiger partial charge is 0.396 e. The van der Waals surface area contributed by atoms with E-state index in [2.05, 4.69) is 22.2 Å². The van der Waals surface area contributed by atoms with Gasteiger partial charge in [-0.1, -0.05) is 0 Å². The minimum Gasteiger partial charge on any atom is -0.396 e. The molecule has 0 amide bonds. The van der Waals surface area contributed by atoms with E-state index < -0.39 is 0 Å². The molecule has 1 aliphatic heterocycles. The summed E-state index contributed by atoms with van der Waals surface area (Å²) in [6, 6.07) is 3.67. The molecule has 90 valence electrons. The highest BCUT2D eigenvalue weighted by molar-refractivity contribution is 5.63. The number of aromatic nitrogens is 1. The van der Waals surface area contributed by atoms with Crippen molar-refractivity contribution >= 4 is 11.5 Å². The molecule has 5 heteroatoms. The van der Waals surface area contributed by atoms with E-state index >= 15 is 0 Å². The Hall–Kier alpha value is -1.80. The molecule has 3 N–H and O–H groups in total. The molecule has 17 heavy (non-hydrogen) atoms. The Kier molecular flexibility index (Phi) is 3.45. The van der Waals surface area contributed by atoms with E-state index in [4.69, 9.17) is 11.0 Å². The second-order valence-electron chi connectivity index (χ2n) is 4.57. The summed E-state index contributed by atoms with van der Waals surface area (Å²) in [6.07, 6.45) is 2.75. The number of nitrogens with zero attached hydrogens (tertiary/aromatic N) is 3. The Morgan fingerprint density at radius 1 is 1.71 bits per heavy atom. The van der Waals surface area contributed by atoms with Crippen molar-refractivity contribution in [1.82, 2.24) is 9.88 Å². The van der Waals surface area contributed by atoms with Gasteiger partial charge in [0.15, 0.2) is 0 Å². The summed E-state index contributed by atoms with van der Waals surface area (Å²) in [5, 5.41) is 12.0. The standard InChI is InChI=1S/C12H17N5/c1-17-3-2-9(8-17)6-15-12-11(14)4-10(5-13)7-16-12/h4,7,9H,2-3,6,8,14H2,1H3,(H,15,16). The fourth-order valence-electron chi connectivity index (χ4n) is 2.12. The van der Waals surface area contributed by atoms with Gasteiger partial charge in [0, 0.05) is 19.3 Å². The SMILES string of the molecule is CN1CCC(CNc2ncc(C#N)cc2N)C1.